The fourth-order valence-corrected chi connectivity index (χ4v) is 1.43. The number of non-ortho nitro benzene ring substituents is 1. The highest BCUT2D eigenvalue weighted by atomic mass is 16.6. The second kappa shape index (κ2) is 6.19. The maximum absolute atomic E-state index is 11.7. The number of hydrogen-bond donors (Lipinski definition) is 1. The molecule has 20 heavy (non-hydrogen) atoms. The molecule has 1 aromatic heterocycles. The van der Waals surface area contributed by atoms with Crippen molar-refractivity contribution in [3.63, 3.8) is 0 Å². The van der Waals surface area contributed by atoms with Gasteiger partial charge in [-0.2, -0.15) is 5.10 Å². The van der Waals surface area contributed by atoms with Gasteiger partial charge in [-0.15, -0.1) is 0 Å². The van der Waals surface area contributed by atoms with E-state index in [2.05, 4.69) is 15.5 Å². The zero-order valence-corrected chi connectivity index (χ0v) is 10.3. The number of aromatic nitrogens is 1. The van der Waals surface area contributed by atoms with E-state index in [1.54, 1.807) is 24.4 Å². The number of rotatable bonds is 4. The summed E-state index contributed by atoms with van der Waals surface area (Å²) < 4.78 is 0. The Morgan fingerprint density at radius 3 is 2.85 bits per heavy atom. The van der Waals surface area contributed by atoms with E-state index in [-0.39, 0.29) is 11.3 Å². The second-order valence-corrected chi connectivity index (χ2v) is 3.76. The van der Waals surface area contributed by atoms with Gasteiger partial charge in [0.25, 0.3) is 11.6 Å². The van der Waals surface area contributed by atoms with Crippen LogP contribution < -0.4 is 5.43 Å². The van der Waals surface area contributed by atoms with E-state index in [0.29, 0.717) is 5.69 Å². The maximum atomic E-state index is 11.7. The lowest BCUT2D eigenvalue weighted by Gasteiger charge is -1.99. The molecule has 1 heterocycles. The molecule has 7 heteroatoms. The number of benzene rings is 1. The molecule has 2 aromatic rings. The Bertz CT molecular complexity index is 656. The third-order valence-corrected chi connectivity index (χ3v) is 2.37. The monoisotopic (exact) mass is 270 g/mol. The van der Waals surface area contributed by atoms with Crippen molar-refractivity contribution in [3.05, 3.63) is 70.0 Å². The van der Waals surface area contributed by atoms with Crippen LogP contribution in [0.1, 0.15) is 16.1 Å². The normalized spacial score (nSPS) is 10.4. The number of amides is 1. The van der Waals surface area contributed by atoms with Crippen molar-refractivity contribution < 1.29 is 9.72 Å². The SMILES string of the molecule is O=C(N/N=C\c1ccccn1)c1cccc([N+](=O)[O-])c1. The summed E-state index contributed by atoms with van der Waals surface area (Å²) in [7, 11) is 0. The van der Waals surface area contributed by atoms with Crippen LogP contribution in [0.5, 0.6) is 0 Å². The average Bonchev–Trinajstić information content (AvgIpc) is 2.48. The number of carbonyl (C=O) groups is 1. The molecule has 100 valence electrons. The molecule has 1 N–H and O–H groups in total. The summed E-state index contributed by atoms with van der Waals surface area (Å²) in [5.41, 5.74) is 2.89. The van der Waals surface area contributed by atoms with Crippen molar-refractivity contribution in [2.24, 2.45) is 5.10 Å². The molecular weight excluding hydrogens is 260 g/mol. The number of hydrazone groups is 1. The molecule has 0 atom stereocenters. The Morgan fingerprint density at radius 2 is 2.15 bits per heavy atom. The minimum atomic E-state index is -0.562. The van der Waals surface area contributed by atoms with Gasteiger partial charge in [0.2, 0.25) is 0 Å². The Labute approximate surface area is 114 Å². The van der Waals surface area contributed by atoms with Crippen LogP contribution in [0.3, 0.4) is 0 Å². The third-order valence-electron chi connectivity index (χ3n) is 2.37. The molecule has 0 fully saturated rings. The minimum Gasteiger partial charge on any atom is -0.267 e. The number of nitrogens with one attached hydrogen (secondary N) is 1. The van der Waals surface area contributed by atoms with Crippen molar-refractivity contribution in [1.82, 2.24) is 10.4 Å². The number of pyridine rings is 1. The van der Waals surface area contributed by atoms with Crippen molar-refractivity contribution in [2.45, 2.75) is 0 Å². The fraction of sp³-hybridized carbons (Fsp3) is 0. The van der Waals surface area contributed by atoms with Crippen molar-refractivity contribution in [2.75, 3.05) is 0 Å². The first-order valence-corrected chi connectivity index (χ1v) is 5.66. The van der Waals surface area contributed by atoms with E-state index < -0.39 is 10.8 Å². The summed E-state index contributed by atoms with van der Waals surface area (Å²) in [5, 5.41) is 14.3. The summed E-state index contributed by atoms with van der Waals surface area (Å²) in [6.07, 6.45) is 2.99. The molecule has 0 aliphatic heterocycles. The molecule has 2 rings (SSSR count). The highest BCUT2D eigenvalue weighted by molar-refractivity contribution is 5.95. The zero-order chi connectivity index (χ0) is 14.4. The number of nitro groups is 1. The van der Waals surface area contributed by atoms with E-state index in [4.69, 9.17) is 0 Å². The van der Waals surface area contributed by atoms with Crippen molar-refractivity contribution in [1.29, 1.82) is 0 Å². The van der Waals surface area contributed by atoms with Crippen LogP contribution in [0.2, 0.25) is 0 Å². The highest BCUT2D eigenvalue weighted by Crippen LogP contribution is 2.12. The Hall–Kier alpha value is -3.09. The zero-order valence-electron chi connectivity index (χ0n) is 10.3. The number of carbonyl (C=O) groups excluding carboxylic acids is 1. The molecule has 0 unspecified atom stereocenters. The van der Waals surface area contributed by atoms with E-state index in [1.165, 1.54) is 30.5 Å². The summed E-state index contributed by atoms with van der Waals surface area (Å²) in [6, 6.07) is 10.7. The van der Waals surface area contributed by atoms with Crippen LogP contribution in [0.25, 0.3) is 0 Å². The lowest BCUT2D eigenvalue weighted by Crippen LogP contribution is -2.17. The molecule has 1 amide bonds. The number of nitro benzene ring substituents is 1. The van der Waals surface area contributed by atoms with Gasteiger partial charge in [-0.3, -0.25) is 19.9 Å². The molecule has 0 aliphatic carbocycles. The summed E-state index contributed by atoms with van der Waals surface area (Å²) in [5.74, 6) is -0.527. The van der Waals surface area contributed by atoms with Gasteiger partial charge in [-0.1, -0.05) is 12.1 Å². The summed E-state index contributed by atoms with van der Waals surface area (Å²) in [4.78, 5) is 25.8. The number of hydrogen-bond acceptors (Lipinski definition) is 5. The van der Waals surface area contributed by atoms with Crippen LogP contribution in [-0.4, -0.2) is 22.0 Å². The standard InChI is InChI=1S/C13H10N4O3/c18-13(10-4-3-6-12(8-10)17(19)20)16-15-9-11-5-1-2-7-14-11/h1-9H,(H,16,18)/b15-9-. The Kier molecular flexibility index (Phi) is 4.13. The Morgan fingerprint density at radius 1 is 1.30 bits per heavy atom. The second-order valence-electron chi connectivity index (χ2n) is 3.76. The van der Waals surface area contributed by atoms with Crippen LogP contribution in [0.4, 0.5) is 5.69 Å². The molecule has 0 saturated carbocycles. The van der Waals surface area contributed by atoms with Crippen LogP contribution in [0, 0.1) is 10.1 Å². The third kappa shape index (κ3) is 3.45. The quantitative estimate of drug-likeness (QED) is 0.520. The lowest BCUT2D eigenvalue weighted by atomic mass is 10.2. The van der Waals surface area contributed by atoms with Crippen LogP contribution in [-0.2, 0) is 0 Å². The van der Waals surface area contributed by atoms with Crippen molar-refractivity contribution >= 4 is 17.8 Å². The largest absolute Gasteiger partial charge is 0.271 e. The van der Waals surface area contributed by atoms with Gasteiger partial charge in [0.05, 0.1) is 16.8 Å². The van der Waals surface area contributed by atoms with Crippen molar-refractivity contribution in [3.8, 4) is 0 Å². The van der Waals surface area contributed by atoms with Crippen LogP contribution >= 0.6 is 0 Å². The molecule has 1 aromatic carbocycles. The lowest BCUT2D eigenvalue weighted by molar-refractivity contribution is -0.384. The topological polar surface area (TPSA) is 97.5 Å². The number of nitrogens with zero attached hydrogens (tertiary/aromatic N) is 3. The van der Waals surface area contributed by atoms with E-state index >= 15 is 0 Å². The van der Waals surface area contributed by atoms with E-state index in [9.17, 15) is 14.9 Å². The van der Waals surface area contributed by atoms with Crippen LogP contribution in [0.15, 0.2) is 53.8 Å². The van der Waals surface area contributed by atoms with Gasteiger partial charge in [0.15, 0.2) is 0 Å². The van der Waals surface area contributed by atoms with Gasteiger partial charge in [-0.05, 0) is 18.2 Å². The maximum Gasteiger partial charge on any atom is 0.271 e. The van der Waals surface area contributed by atoms with E-state index in [1.807, 2.05) is 0 Å². The molecule has 0 radical (unpaired) electrons. The summed E-state index contributed by atoms with van der Waals surface area (Å²) in [6.45, 7) is 0. The smallest absolute Gasteiger partial charge is 0.267 e. The summed E-state index contributed by atoms with van der Waals surface area (Å²) >= 11 is 0. The van der Waals surface area contributed by atoms with Gasteiger partial charge < -0.3 is 0 Å². The molecule has 7 nitrogen and oxygen atoms in total. The molecule has 0 saturated heterocycles. The molecule has 0 bridgehead atoms. The first-order valence-electron chi connectivity index (χ1n) is 5.66. The minimum absolute atomic E-state index is 0.147. The predicted molar refractivity (Wildman–Crippen MR) is 72.4 cm³/mol. The predicted octanol–water partition coefficient (Wildman–Crippen LogP) is 1.75. The van der Waals surface area contributed by atoms with Gasteiger partial charge in [0, 0.05) is 23.9 Å². The molecule has 0 aliphatic rings. The average molecular weight is 270 g/mol. The fourth-order valence-electron chi connectivity index (χ4n) is 1.43. The van der Waals surface area contributed by atoms with E-state index in [0.717, 1.165) is 0 Å². The van der Waals surface area contributed by atoms with Gasteiger partial charge in [-0.25, -0.2) is 5.43 Å². The molecular formula is C13H10N4O3. The van der Waals surface area contributed by atoms with Gasteiger partial charge >= 0.3 is 0 Å². The van der Waals surface area contributed by atoms with Gasteiger partial charge in [0.1, 0.15) is 0 Å². The Balaban J connectivity index is 2.04. The first-order chi connectivity index (χ1) is 9.66. The first kappa shape index (κ1) is 13.3. The highest BCUT2D eigenvalue weighted by Gasteiger charge is 2.10. The molecule has 0 spiro atoms.